The first kappa shape index (κ1) is 26.7. The van der Waals surface area contributed by atoms with E-state index in [2.05, 4.69) is 24.3 Å². The molecule has 2 atom stereocenters. The van der Waals surface area contributed by atoms with Crippen molar-refractivity contribution >= 4 is 12.4 Å². The molecule has 0 bridgehead atoms. The van der Waals surface area contributed by atoms with Crippen LogP contribution in [0.15, 0.2) is 78.9 Å². The third kappa shape index (κ3) is 8.37. The van der Waals surface area contributed by atoms with Crippen LogP contribution >= 0.6 is 12.4 Å². The lowest BCUT2D eigenvalue weighted by Gasteiger charge is -2.28. The molecule has 0 fully saturated rings. The average molecular weight is 472 g/mol. The van der Waals surface area contributed by atoms with Gasteiger partial charge in [-0.2, -0.15) is 0 Å². The van der Waals surface area contributed by atoms with Crippen LogP contribution in [0.3, 0.4) is 0 Å². The molecule has 0 saturated carbocycles. The zero-order valence-electron chi connectivity index (χ0n) is 19.0. The summed E-state index contributed by atoms with van der Waals surface area (Å²) in [7, 11) is 0. The highest BCUT2D eigenvalue weighted by Gasteiger charge is 2.24. The molecule has 0 heterocycles. The van der Waals surface area contributed by atoms with Crippen molar-refractivity contribution in [2.45, 2.75) is 44.2 Å². The molecule has 0 amide bonds. The topological polar surface area (TPSA) is 84.9 Å². The Morgan fingerprint density at radius 3 is 2.21 bits per heavy atom. The van der Waals surface area contributed by atoms with Gasteiger partial charge in [0.05, 0.1) is 12.7 Å². The van der Waals surface area contributed by atoms with Crippen LogP contribution in [-0.4, -0.2) is 29.5 Å². The lowest BCUT2D eigenvalue weighted by atomic mass is 9.87. The number of ether oxygens (including phenoxy) is 2. The van der Waals surface area contributed by atoms with Crippen molar-refractivity contribution in [3.05, 3.63) is 90.0 Å². The molecule has 0 aliphatic heterocycles. The van der Waals surface area contributed by atoms with Crippen molar-refractivity contribution < 1.29 is 19.7 Å². The van der Waals surface area contributed by atoms with Gasteiger partial charge in [-0.3, -0.25) is 0 Å². The molecule has 33 heavy (non-hydrogen) atoms. The van der Waals surface area contributed by atoms with Crippen molar-refractivity contribution in [2.24, 2.45) is 5.73 Å². The first-order valence-corrected chi connectivity index (χ1v) is 11.1. The van der Waals surface area contributed by atoms with E-state index in [0.717, 1.165) is 18.4 Å². The number of aryl methyl sites for hydroxylation is 1. The highest BCUT2D eigenvalue weighted by atomic mass is 35.5. The fourth-order valence-corrected chi connectivity index (χ4v) is 3.65. The van der Waals surface area contributed by atoms with Crippen molar-refractivity contribution in [2.75, 3.05) is 13.2 Å². The number of halogens is 1. The normalized spacial score (nSPS) is 13.5. The van der Waals surface area contributed by atoms with Gasteiger partial charge in [-0.25, -0.2) is 0 Å². The number of para-hydroxylation sites is 2. The third-order valence-electron chi connectivity index (χ3n) is 5.42. The number of rotatable bonds is 12. The van der Waals surface area contributed by atoms with E-state index in [4.69, 9.17) is 20.3 Å². The summed E-state index contributed by atoms with van der Waals surface area (Å²) in [5.41, 5.74) is 7.90. The second-order valence-electron chi connectivity index (χ2n) is 8.30. The number of hydrogen-bond donors (Lipinski definition) is 3. The van der Waals surface area contributed by atoms with Gasteiger partial charge in [0.1, 0.15) is 5.75 Å². The van der Waals surface area contributed by atoms with Gasteiger partial charge in [0.2, 0.25) is 0 Å². The van der Waals surface area contributed by atoms with E-state index >= 15 is 0 Å². The maximum Gasteiger partial charge on any atom is 0.169 e. The molecule has 4 N–H and O–H groups in total. The number of aliphatic hydroxyl groups is 2. The maximum absolute atomic E-state index is 10.0. The molecule has 178 valence electrons. The summed E-state index contributed by atoms with van der Waals surface area (Å²) >= 11 is 0. The number of nitrogens with two attached hydrogens (primary N) is 1. The molecule has 3 aromatic rings. The second-order valence-corrected chi connectivity index (χ2v) is 8.30. The van der Waals surface area contributed by atoms with E-state index in [-0.39, 0.29) is 19.0 Å². The maximum atomic E-state index is 10.0. The standard InChI is InChI=1S/C27H33NO4.ClH/c1-27(28,20-23(30)17-18-29)22-13-15-24(16-14-22)32-26-12-6-5-11-25(26)31-19-7-10-21-8-3-2-4-9-21;/h2-6,8-9,11-16,23,29-30H,7,10,17-20,28H2,1H3;1H. The lowest BCUT2D eigenvalue weighted by molar-refractivity contribution is 0.103. The predicted octanol–water partition coefficient (Wildman–Crippen LogP) is 5.22. The molecule has 0 spiro atoms. The van der Waals surface area contributed by atoms with Gasteiger partial charge in [0.25, 0.3) is 0 Å². The van der Waals surface area contributed by atoms with Gasteiger partial charge in [-0.15, -0.1) is 12.4 Å². The lowest BCUT2D eigenvalue weighted by Crippen LogP contribution is -2.37. The van der Waals surface area contributed by atoms with Gasteiger partial charge in [0, 0.05) is 12.1 Å². The summed E-state index contributed by atoms with van der Waals surface area (Å²) in [6.07, 6.45) is 1.93. The van der Waals surface area contributed by atoms with Crippen LogP contribution in [0.2, 0.25) is 0 Å². The highest BCUT2D eigenvalue weighted by molar-refractivity contribution is 5.85. The van der Waals surface area contributed by atoms with E-state index in [1.54, 1.807) is 0 Å². The first-order chi connectivity index (χ1) is 15.5. The van der Waals surface area contributed by atoms with Crippen molar-refractivity contribution in [3.8, 4) is 17.2 Å². The number of aliphatic hydroxyl groups excluding tert-OH is 2. The van der Waals surface area contributed by atoms with Crippen LogP contribution in [0.25, 0.3) is 0 Å². The zero-order valence-corrected chi connectivity index (χ0v) is 19.8. The van der Waals surface area contributed by atoms with Crippen LogP contribution in [0.4, 0.5) is 0 Å². The monoisotopic (exact) mass is 471 g/mol. The van der Waals surface area contributed by atoms with Crippen LogP contribution in [0.1, 0.15) is 37.3 Å². The molecule has 2 unspecified atom stereocenters. The quantitative estimate of drug-likeness (QED) is 0.315. The van der Waals surface area contributed by atoms with Crippen molar-refractivity contribution in [1.29, 1.82) is 0 Å². The summed E-state index contributed by atoms with van der Waals surface area (Å²) in [6, 6.07) is 25.6. The van der Waals surface area contributed by atoms with Crippen LogP contribution in [-0.2, 0) is 12.0 Å². The van der Waals surface area contributed by atoms with E-state index in [9.17, 15) is 5.11 Å². The van der Waals surface area contributed by atoms with Gasteiger partial charge in [0.15, 0.2) is 11.5 Å². The van der Waals surface area contributed by atoms with Gasteiger partial charge in [-0.1, -0.05) is 54.6 Å². The van der Waals surface area contributed by atoms with E-state index in [1.807, 2.05) is 61.5 Å². The van der Waals surface area contributed by atoms with Gasteiger partial charge < -0.3 is 25.4 Å². The predicted molar refractivity (Wildman–Crippen MR) is 134 cm³/mol. The largest absolute Gasteiger partial charge is 0.490 e. The van der Waals surface area contributed by atoms with E-state index in [1.165, 1.54) is 5.56 Å². The minimum absolute atomic E-state index is 0. The number of benzene rings is 3. The molecule has 0 aliphatic carbocycles. The summed E-state index contributed by atoms with van der Waals surface area (Å²) < 4.78 is 12.0. The molecule has 3 aromatic carbocycles. The van der Waals surface area contributed by atoms with E-state index in [0.29, 0.717) is 36.7 Å². The molecule has 6 heteroatoms. The fraction of sp³-hybridized carbons (Fsp3) is 0.333. The Morgan fingerprint density at radius 1 is 0.909 bits per heavy atom. The molecule has 5 nitrogen and oxygen atoms in total. The molecular weight excluding hydrogens is 438 g/mol. The van der Waals surface area contributed by atoms with Gasteiger partial charge >= 0.3 is 0 Å². The Balaban J connectivity index is 0.00000385. The Bertz CT molecular complexity index is 948. The Hall–Kier alpha value is -2.57. The molecule has 0 aromatic heterocycles. The van der Waals surface area contributed by atoms with Crippen molar-refractivity contribution in [1.82, 2.24) is 0 Å². The molecule has 3 rings (SSSR count). The summed E-state index contributed by atoms with van der Waals surface area (Å²) in [5.74, 6) is 2.05. The number of hydrogen-bond acceptors (Lipinski definition) is 5. The van der Waals surface area contributed by atoms with E-state index < -0.39 is 11.6 Å². The SMILES string of the molecule is CC(N)(CC(O)CCO)c1ccc(Oc2ccccc2OCCCc2ccccc2)cc1.Cl. The molecule has 0 radical (unpaired) electrons. The Morgan fingerprint density at radius 2 is 1.55 bits per heavy atom. The van der Waals surface area contributed by atoms with Crippen LogP contribution in [0, 0.1) is 0 Å². The Kier molecular flexibility index (Phi) is 10.7. The van der Waals surface area contributed by atoms with Crippen LogP contribution in [0.5, 0.6) is 17.2 Å². The van der Waals surface area contributed by atoms with Crippen LogP contribution < -0.4 is 15.2 Å². The smallest absolute Gasteiger partial charge is 0.169 e. The second kappa shape index (κ2) is 13.2. The summed E-state index contributed by atoms with van der Waals surface area (Å²) in [4.78, 5) is 0. The minimum atomic E-state index is -0.701. The fourth-order valence-electron chi connectivity index (χ4n) is 3.65. The first-order valence-electron chi connectivity index (χ1n) is 11.1. The zero-order chi connectivity index (χ0) is 22.8. The highest BCUT2D eigenvalue weighted by Crippen LogP contribution is 2.33. The molecule has 0 saturated heterocycles. The molecular formula is C27H34ClNO4. The van der Waals surface area contributed by atoms with Crippen molar-refractivity contribution in [3.63, 3.8) is 0 Å². The third-order valence-corrected chi connectivity index (χ3v) is 5.42. The average Bonchev–Trinajstić information content (AvgIpc) is 2.78. The van der Waals surface area contributed by atoms with Gasteiger partial charge in [-0.05, 0) is 68.0 Å². The summed E-state index contributed by atoms with van der Waals surface area (Å²) in [6.45, 7) is 2.43. The molecule has 0 aliphatic rings. The summed E-state index contributed by atoms with van der Waals surface area (Å²) in [5, 5.41) is 19.0. The Labute approximate surface area is 202 Å². The minimum Gasteiger partial charge on any atom is -0.490 e.